The summed E-state index contributed by atoms with van der Waals surface area (Å²) in [5.74, 6) is -1.36. The zero-order valence-electron chi connectivity index (χ0n) is 14.0. The summed E-state index contributed by atoms with van der Waals surface area (Å²) in [7, 11) is 0. The second kappa shape index (κ2) is 7.32. The number of aliphatic carboxylic acids is 1. The fourth-order valence-corrected chi connectivity index (χ4v) is 4.15. The highest BCUT2D eigenvalue weighted by Gasteiger charge is 2.53. The molecule has 0 radical (unpaired) electrons. The highest BCUT2D eigenvalue weighted by molar-refractivity contribution is 6.35. The normalized spacial score (nSPS) is 22.8. The summed E-state index contributed by atoms with van der Waals surface area (Å²) in [4.78, 5) is 39.7. The maximum atomic E-state index is 13.0. The molecule has 1 unspecified atom stereocenters. The number of carbonyl (C=O) groups excluding carboxylic acids is 2. The van der Waals surface area contributed by atoms with Gasteiger partial charge in [-0.2, -0.15) is 0 Å². The summed E-state index contributed by atoms with van der Waals surface area (Å²) < 4.78 is 0. The van der Waals surface area contributed by atoms with E-state index in [-0.39, 0.29) is 12.5 Å². The number of likely N-dealkylation sites (tertiary alicyclic amines) is 2. The minimum Gasteiger partial charge on any atom is -0.480 e. The lowest BCUT2D eigenvalue weighted by Gasteiger charge is -2.44. The number of hydrogen-bond donors (Lipinski definition) is 2. The van der Waals surface area contributed by atoms with Crippen LogP contribution in [-0.2, 0) is 9.59 Å². The van der Waals surface area contributed by atoms with Gasteiger partial charge in [-0.05, 0) is 43.9 Å². The van der Waals surface area contributed by atoms with E-state index in [9.17, 15) is 14.4 Å². The second-order valence-electron chi connectivity index (χ2n) is 6.57. The van der Waals surface area contributed by atoms with Crippen molar-refractivity contribution < 1.29 is 19.5 Å². The molecule has 0 aromatic heterocycles. The molecule has 140 valence electrons. The van der Waals surface area contributed by atoms with Crippen LogP contribution in [0, 0.1) is 0 Å². The van der Waals surface area contributed by atoms with E-state index in [2.05, 4.69) is 5.32 Å². The number of halogens is 2. The van der Waals surface area contributed by atoms with Gasteiger partial charge in [0.25, 0.3) is 0 Å². The minimum atomic E-state index is -1.06. The molecular formula is C17H19Cl2N3O4. The molecule has 1 spiro atoms. The zero-order valence-corrected chi connectivity index (χ0v) is 15.5. The third-order valence-corrected chi connectivity index (χ3v) is 5.50. The Hall–Kier alpha value is -1.99. The van der Waals surface area contributed by atoms with Crippen LogP contribution in [0.4, 0.5) is 10.5 Å². The molecule has 2 fully saturated rings. The van der Waals surface area contributed by atoms with Gasteiger partial charge in [-0.25, -0.2) is 4.79 Å². The lowest BCUT2D eigenvalue weighted by atomic mass is 9.85. The van der Waals surface area contributed by atoms with Crippen molar-refractivity contribution in [1.82, 2.24) is 9.80 Å². The monoisotopic (exact) mass is 399 g/mol. The van der Waals surface area contributed by atoms with Crippen LogP contribution in [0.2, 0.25) is 10.0 Å². The van der Waals surface area contributed by atoms with Crippen molar-refractivity contribution in [1.29, 1.82) is 0 Å². The smallest absolute Gasteiger partial charge is 0.323 e. The number of nitrogens with one attached hydrogen (secondary N) is 1. The Morgan fingerprint density at radius 2 is 1.88 bits per heavy atom. The zero-order chi connectivity index (χ0) is 18.9. The molecule has 2 heterocycles. The van der Waals surface area contributed by atoms with E-state index in [0.29, 0.717) is 54.5 Å². The van der Waals surface area contributed by atoms with Crippen LogP contribution in [0.15, 0.2) is 18.2 Å². The van der Waals surface area contributed by atoms with Gasteiger partial charge < -0.3 is 20.2 Å². The van der Waals surface area contributed by atoms with Crippen LogP contribution in [-0.4, -0.2) is 58.0 Å². The maximum absolute atomic E-state index is 13.0. The number of anilines is 1. The van der Waals surface area contributed by atoms with Crippen LogP contribution < -0.4 is 5.32 Å². The van der Waals surface area contributed by atoms with Gasteiger partial charge in [0, 0.05) is 18.1 Å². The third kappa shape index (κ3) is 3.46. The van der Waals surface area contributed by atoms with Crippen LogP contribution in [0.5, 0.6) is 0 Å². The summed E-state index contributed by atoms with van der Waals surface area (Å²) >= 11 is 12.1. The predicted octanol–water partition coefficient (Wildman–Crippen LogP) is 3.07. The molecular weight excluding hydrogens is 381 g/mol. The van der Waals surface area contributed by atoms with Crippen molar-refractivity contribution in [2.45, 2.75) is 31.2 Å². The first-order chi connectivity index (χ1) is 12.3. The molecule has 1 aromatic carbocycles. The number of carboxylic acids is 1. The first-order valence-corrected chi connectivity index (χ1v) is 9.14. The fraction of sp³-hybridized carbons (Fsp3) is 0.471. The van der Waals surface area contributed by atoms with Gasteiger partial charge in [0.1, 0.15) is 12.1 Å². The Kier molecular flexibility index (Phi) is 5.29. The highest BCUT2D eigenvalue weighted by atomic mass is 35.5. The number of nitrogens with zero attached hydrogens (tertiary/aromatic N) is 2. The Morgan fingerprint density at radius 1 is 1.19 bits per heavy atom. The highest BCUT2D eigenvalue weighted by Crippen LogP contribution is 2.39. The molecule has 9 heteroatoms. The quantitative estimate of drug-likeness (QED) is 0.816. The molecule has 7 nitrogen and oxygen atoms in total. The van der Waals surface area contributed by atoms with Crippen molar-refractivity contribution >= 4 is 46.8 Å². The summed E-state index contributed by atoms with van der Waals surface area (Å²) in [5.41, 5.74) is -0.611. The molecule has 3 rings (SSSR count). The number of urea groups is 1. The molecule has 1 atom stereocenters. The Balaban J connectivity index is 1.82. The molecule has 2 N–H and O–H groups in total. The number of rotatable bonds is 3. The van der Waals surface area contributed by atoms with Gasteiger partial charge >= 0.3 is 12.0 Å². The number of carboxylic acid groups (broad SMARTS) is 1. The van der Waals surface area contributed by atoms with Crippen molar-refractivity contribution in [3.05, 3.63) is 28.2 Å². The minimum absolute atomic E-state index is 0.295. The second-order valence-corrected chi connectivity index (χ2v) is 7.41. The van der Waals surface area contributed by atoms with Gasteiger partial charge in [0.2, 0.25) is 5.91 Å². The molecule has 3 amide bonds. The molecule has 2 aliphatic heterocycles. The van der Waals surface area contributed by atoms with E-state index in [1.165, 1.54) is 9.80 Å². The molecule has 0 bridgehead atoms. The lowest BCUT2D eigenvalue weighted by Crippen LogP contribution is -2.62. The summed E-state index contributed by atoms with van der Waals surface area (Å²) in [6.07, 6.45) is 2.39. The third-order valence-electron chi connectivity index (χ3n) is 4.93. The standard InChI is InChI=1S/C17H19Cl2N3O4/c18-11-3-4-12(19)13(9-11)20-16(26)22-8-2-6-17(22)5-1-7-21(15(17)25)10-14(23)24/h3-4,9H,1-2,5-8,10H2,(H,20,26)(H,23,24). The molecule has 0 saturated carbocycles. The van der Waals surface area contributed by atoms with E-state index in [1.807, 2.05) is 0 Å². The topological polar surface area (TPSA) is 89.9 Å². The molecule has 2 saturated heterocycles. The van der Waals surface area contributed by atoms with Crippen molar-refractivity contribution in [3.8, 4) is 0 Å². The van der Waals surface area contributed by atoms with E-state index in [0.717, 1.165) is 0 Å². The van der Waals surface area contributed by atoms with Gasteiger partial charge in [0.15, 0.2) is 0 Å². The van der Waals surface area contributed by atoms with Crippen molar-refractivity contribution in [2.75, 3.05) is 25.0 Å². The van der Waals surface area contributed by atoms with E-state index < -0.39 is 17.5 Å². The average molecular weight is 400 g/mol. The van der Waals surface area contributed by atoms with Crippen LogP contribution in [0.1, 0.15) is 25.7 Å². The molecule has 26 heavy (non-hydrogen) atoms. The largest absolute Gasteiger partial charge is 0.480 e. The maximum Gasteiger partial charge on any atom is 0.323 e. The van der Waals surface area contributed by atoms with E-state index in [1.54, 1.807) is 18.2 Å². The first-order valence-electron chi connectivity index (χ1n) is 8.38. The van der Waals surface area contributed by atoms with Gasteiger partial charge in [-0.1, -0.05) is 23.2 Å². The van der Waals surface area contributed by atoms with Crippen LogP contribution in [0.3, 0.4) is 0 Å². The van der Waals surface area contributed by atoms with Crippen LogP contribution >= 0.6 is 23.2 Å². The number of hydrogen-bond acceptors (Lipinski definition) is 3. The molecule has 0 aliphatic carbocycles. The SMILES string of the molecule is O=C(O)CN1CCCC2(CCCN2C(=O)Nc2cc(Cl)ccc2Cl)C1=O. The van der Waals surface area contributed by atoms with Crippen molar-refractivity contribution in [2.24, 2.45) is 0 Å². The summed E-state index contributed by atoms with van der Waals surface area (Å²) in [6.45, 7) is 0.468. The fourth-order valence-electron chi connectivity index (χ4n) is 3.81. The lowest BCUT2D eigenvalue weighted by molar-refractivity contribution is -0.152. The number of carbonyl (C=O) groups is 3. The molecule has 2 aliphatic rings. The summed E-state index contributed by atoms with van der Waals surface area (Å²) in [6, 6.07) is 4.31. The van der Waals surface area contributed by atoms with Crippen LogP contribution in [0.25, 0.3) is 0 Å². The van der Waals surface area contributed by atoms with Gasteiger partial charge in [-0.15, -0.1) is 0 Å². The van der Waals surface area contributed by atoms with Gasteiger partial charge in [-0.3, -0.25) is 9.59 Å². The predicted molar refractivity (Wildman–Crippen MR) is 97.6 cm³/mol. The number of piperidine rings is 1. The van der Waals surface area contributed by atoms with Gasteiger partial charge in [0.05, 0.1) is 10.7 Å². The number of benzene rings is 1. The Labute approximate surface area is 160 Å². The average Bonchev–Trinajstić information content (AvgIpc) is 2.99. The Bertz CT molecular complexity index is 758. The van der Waals surface area contributed by atoms with Crippen molar-refractivity contribution in [3.63, 3.8) is 0 Å². The molecule has 1 aromatic rings. The number of amides is 3. The Morgan fingerprint density at radius 3 is 2.58 bits per heavy atom. The first kappa shape index (κ1) is 18.8. The summed E-state index contributed by atoms with van der Waals surface area (Å²) in [5, 5.41) is 12.5. The van der Waals surface area contributed by atoms with E-state index in [4.69, 9.17) is 28.3 Å². The van der Waals surface area contributed by atoms with E-state index >= 15 is 0 Å².